The van der Waals surface area contributed by atoms with Gasteiger partial charge in [-0.3, -0.25) is 4.79 Å². The first-order chi connectivity index (χ1) is 9.65. The molecule has 0 aliphatic heterocycles. The third-order valence-electron chi connectivity index (χ3n) is 3.28. The lowest BCUT2D eigenvalue weighted by Gasteiger charge is -2.16. The molecular formula is C15H20N4O. The molecule has 0 fully saturated rings. The topological polar surface area (TPSA) is 64.2 Å². The first kappa shape index (κ1) is 14.3. The van der Waals surface area contributed by atoms with Crippen molar-refractivity contribution >= 4 is 11.6 Å². The maximum absolute atomic E-state index is 12.3. The highest BCUT2D eigenvalue weighted by molar-refractivity contribution is 6.04. The van der Waals surface area contributed by atoms with Gasteiger partial charge in [0.15, 0.2) is 0 Å². The summed E-state index contributed by atoms with van der Waals surface area (Å²) < 4.78 is 1.82. The highest BCUT2D eigenvalue weighted by Gasteiger charge is 2.16. The number of imidazole rings is 1. The maximum Gasteiger partial charge on any atom is 0.278 e. The van der Waals surface area contributed by atoms with Gasteiger partial charge in [0.2, 0.25) is 0 Å². The number of amides is 1. The number of aromatic nitrogens is 2. The van der Waals surface area contributed by atoms with E-state index in [4.69, 9.17) is 5.73 Å². The number of hydrogen-bond donors (Lipinski definition) is 1. The molecule has 1 aromatic carbocycles. The number of aryl methyl sites for hydroxylation is 1. The number of nitrogens with two attached hydrogens (primary N) is 1. The molecular weight excluding hydrogens is 252 g/mol. The number of hydrogen-bond acceptors (Lipinski definition) is 3. The van der Waals surface area contributed by atoms with Crippen LogP contribution in [0.25, 0.3) is 0 Å². The Morgan fingerprint density at radius 2 is 2.05 bits per heavy atom. The normalized spacial score (nSPS) is 10.6. The van der Waals surface area contributed by atoms with Crippen LogP contribution in [0.5, 0.6) is 0 Å². The second-order valence-corrected chi connectivity index (χ2v) is 4.67. The third kappa shape index (κ3) is 3.05. The monoisotopic (exact) mass is 272 g/mol. The van der Waals surface area contributed by atoms with E-state index >= 15 is 0 Å². The molecule has 5 nitrogen and oxygen atoms in total. The van der Waals surface area contributed by atoms with Gasteiger partial charge in [0, 0.05) is 32.0 Å². The van der Waals surface area contributed by atoms with Gasteiger partial charge in [-0.15, -0.1) is 0 Å². The Bertz CT molecular complexity index is 574. The predicted octanol–water partition coefficient (Wildman–Crippen LogP) is 1.68. The van der Waals surface area contributed by atoms with Crippen LogP contribution in [-0.2, 0) is 13.0 Å². The minimum absolute atomic E-state index is 0.120. The average Bonchev–Trinajstić information content (AvgIpc) is 2.95. The molecule has 106 valence electrons. The van der Waals surface area contributed by atoms with Gasteiger partial charge in [-0.2, -0.15) is 0 Å². The molecule has 0 aliphatic carbocycles. The summed E-state index contributed by atoms with van der Waals surface area (Å²) in [6.45, 7) is 3.29. The Morgan fingerprint density at radius 1 is 1.35 bits per heavy atom. The Hall–Kier alpha value is -2.14. The number of benzene rings is 1. The lowest BCUT2D eigenvalue weighted by atomic mass is 10.1. The number of carbonyl (C=O) groups excluding carboxylic acids is 1. The van der Waals surface area contributed by atoms with Gasteiger partial charge in [0.05, 0.1) is 6.33 Å². The van der Waals surface area contributed by atoms with E-state index in [-0.39, 0.29) is 5.91 Å². The molecule has 1 heterocycles. The summed E-state index contributed by atoms with van der Waals surface area (Å²) in [6, 6.07) is 7.97. The van der Waals surface area contributed by atoms with Crippen molar-refractivity contribution in [2.24, 2.45) is 5.73 Å². The molecule has 0 unspecified atom stereocenters. The summed E-state index contributed by atoms with van der Waals surface area (Å²) in [4.78, 5) is 18.1. The standard InChI is InChI=1S/C15H20N4O/c1-3-12-4-6-13(7-5-12)18(2)15(20)14-10-19(9-8-16)11-17-14/h4-7,10-11H,3,8-9,16H2,1-2H3. The maximum atomic E-state index is 12.3. The molecule has 1 aromatic heterocycles. The second-order valence-electron chi connectivity index (χ2n) is 4.67. The largest absolute Gasteiger partial charge is 0.335 e. The number of anilines is 1. The van der Waals surface area contributed by atoms with Gasteiger partial charge in [-0.05, 0) is 24.1 Å². The minimum atomic E-state index is -0.120. The van der Waals surface area contributed by atoms with Crippen LogP contribution in [0.2, 0.25) is 0 Å². The summed E-state index contributed by atoms with van der Waals surface area (Å²) in [6.07, 6.45) is 4.35. The van der Waals surface area contributed by atoms with Crippen molar-refractivity contribution in [1.82, 2.24) is 9.55 Å². The Labute approximate surface area is 119 Å². The highest BCUT2D eigenvalue weighted by Crippen LogP contribution is 2.16. The van der Waals surface area contributed by atoms with E-state index in [0.717, 1.165) is 12.1 Å². The molecule has 0 spiro atoms. The van der Waals surface area contributed by atoms with E-state index in [1.54, 1.807) is 24.5 Å². The van der Waals surface area contributed by atoms with Crippen molar-refractivity contribution in [2.75, 3.05) is 18.5 Å². The summed E-state index contributed by atoms with van der Waals surface area (Å²) in [5.41, 5.74) is 8.02. The molecule has 0 atom stereocenters. The van der Waals surface area contributed by atoms with Crippen molar-refractivity contribution in [3.05, 3.63) is 48.0 Å². The van der Waals surface area contributed by atoms with Gasteiger partial charge in [-0.25, -0.2) is 4.98 Å². The second kappa shape index (κ2) is 6.34. The number of nitrogens with zero attached hydrogens (tertiary/aromatic N) is 3. The van der Waals surface area contributed by atoms with Crippen LogP contribution in [0, 0.1) is 0 Å². The highest BCUT2D eigenvalue weighted by atomic mass is 16.2. The van der Waals surface area contributed by atoms with Gasteiger partial charge < -0.3 is 15.2 Å². The van der Waals surface area contributed by atoms with E-state index in [9.17, 15) is 4.79 Å². The predicted molar refractivity (Wildman–Crippen MR) is 79.8 cm³/mol. The van der Waals surface area contributed by atoms with Crippen LogP contribution < -0.4 is 10.6 Å². The zero-order valence-corrected chi connectivity index (χ0v) is 11.9. The lowest BCUT2D eigenvalue weighted by molar-refractivity contribution is 0.0988. The number of rotatable bonds is 5. The zero-order chi connectivity index (χ0) is 14.5. The van der Waals surface area contributed by atoms with Crippen molar-refractivity contribution in [1.29, 1.82) is 0 Å². The van der Waals surface area contributed by atoms with Gasteiger partial charge in [0.25, 0.3) is 5.91 Å². The zero-order valence-electron chi connectivity index (χ0n) is 11.9. The number of carbonyl (C=O) groups is 1. The summed E-state index contributed by atoms with van der Waals surface area (Å²) >= 11 is 0. The summed E-state index contributed by atoms with van der Waals surface area (Å²) in [5, 5.41) is 0. The Morgan fingerprint density at radius 3 is 2.65 bits per heavy atom. The van der Waals surface area contributed by atoms with Crippen LogP contribution in [0.15, 0.2) is 36.8 Å². The van der Waals surface area contributed by atoms with E-state index in [2.05, 4.69) is 11.9 Å². The average molecular weight is 272 g/mol. The molecule has 0 saturated heterocycles. The van der Waals surface area contributed by atoms with Gasteiger partial charge in [0.1, 0.15) is 5.69 Å². The Balaban J connectivity index is 2.13. The molecule has 0 saturated carbocycles. The van der Waals surface area contributed by atoms with Crippen molar-refractivity contribution in [3.63, 3.8) is 0 Å². The molecule has 2 rings (SSSR count). The molecule has 0 radical (unpaired) electrons. The fourth-order valence-electron chi connectivity index (χ4n) is 1.99. The molecule has 2 N–H and O–H groups in total. The molecule has 0 bridgehead atoms. The molecule has 2 aromatic rings. The van der Waals surface area contributed by atoms with Crippen molar-refractivity contribution in [2.45, 2.75) is 19.9 Å². The molecule has 20 heavy (non-hydrogen) atoms. The first-order valence-electron chi connectivity index (χ1n) is 6.74. The van der Waals surface area contributed by atoms with Crippen molar-refractivity contribution < 1.29 is 4.79 Å². The molecule has 5 heteroatoms. The van der Waals surface area contributed by atoms with Gasteiger partial charge in [-0.1, -0.05) is 19.1 Å². The van der Waals surface area contributed by atoms with Crippen LogP contribution in [-0.4, -0.2) is 29.1 Å². The quantitative estimate of drug-likeness (QED) is 0.900. The van der Waals surface area contributed by atoms with E-state index in [1.165, 1.54) is 5.56 Å². The van der Waals surface area contributed by atoms with Crippen molar-refractivity contribution in [3.8, 4) is 0 Å². The fourth-order valence-corrected chi connectivity index (χ4v) is 1.99. The van der Waals surface area contributed by atoms with Gasteiger partial charge >= 0.3 is 0 Å². The summed E-state index contributed by atoms with van der Waals surface area (Å²) in [7, 11) is 1.76. The van der Waals surface area contributed by atoms with Crippen LogP contribution >= 0.6 is 0 Å². The van der Waals surface area contributed by atoms with E-state index in [1.807, 2.05) is 28.8 Å². The molecule has 1 amide bonds. The lowest BCUT2D eigenvalue weighted by Crippen LogP contribution is -2.26. The minimum Gasteiger partial charge on any atom is -0.335 e. The molecule has 0 aliphatic rings. The van der Waals surface area contributed by atoms with E-state index in [0.29, 0.717) is 18.8 Å². The fraction of sp³-hybridized carbons (Fsp3) is 0.333. The first-order valence-corrected chi connectivity index (χ1v) is 6.74. The third-order valence-corrected chi connectivity index (χ3v) is 3.28. The smallest absolute Gasteiger partial charge is 0.278 e. The van der Waals surface area contributed by atoms with Crippen LogP contribution in [0.1, 0.15) is 23.0 Å². The van der Waals surface area contributed by atoms with Crippen LogP contribution in [0.3, 0.4) is 0 Å². The summed E-state index contributed by atoms with van der Waals surface area (Å²) in [5.74, 6) is -0.120. The Kier molecular flexibility index (Phi) is 4.53. The van der Waals surface area contributed by atoms with E-state index < -0.39 is 0 Å². The van der Waals surface area contributed by atoms with Crippen LogP contribution in [0.4, 0.5) is 5.69 Å². The SMILES string of the molecule is CCc1ccc(N(C)C(=O)c2cn(CCN)cn2)cc1.